The molecule has 2 atom stereocenters. The number of urea groups is 1. The van der Waals surface area contributed by atoms with Crippen molar-refractivity contribution in [3.8, 4) is 0 Å². The molecule has 0 radical (unpaired) electrons. The van der Waals surface area contributed by atoms with Gasteiger partial charge in [-0.1, -0.05) is 19.8 Å². The van der Waals surface area contributed by atoms with Crippen LogP contribution in [0.25, 0.3) is 0 Å². The molecule has 3 aliphatic rings. The van der Waals surface area contributed by atoms with Crippen molar-refractivity contribution in [1.29, 1.82) is 0 Å². The second-order valence-electron chi connectivity index (χ2n) is 8.00. The number of benzene rings is 1. The zero-order valence-corrected chi connectivity index (χ0v) is 15.8. The maximum atomic E-state index is 13.1. The van der Waals surface area contributed by atoms with Crippen molar-refractivity contribution in [3.05, 3.63) is 30.1 Å². The van der Waals surface area contributed by atoms with Crippen molar-refractivity contribution in [1.82, 2.24) is 15.1 Å². The third kappa shape index (κ3) is 3.29. The van der Waals surface area contributed by atoms with Crippen LogP contribution in [-0.2, 0) is 4.79 Å². The molecular weight excluding hydrogens is 347 g/mol. The lowest BCUT2D eigenvalue weighted by Gasteiger charge is -2.38. The Morgan fingerprint density at radius 3 is 2.48 bits per heavy atom. The van der Waals surface area contributed by atoms with E-state index in [1.54, 1.807) is 12.1 Å². The molecule has 2 heterocycles. The van der Waals surface area contributed by atoms with E-state index in [1.807, 2.05) is 0 Å². The van der Waals surface area contributed by atoms with Crippen molar-refractivity contribution < 1.29 is 14.0 Å². The van der Waals surface area contributed by atoms with Gasteiger partial charge in [-0.15, -0.1) is 0 Å². The quantitative estimate of drug-likeness (QED) is 0.826. The molecule has 27 heavy (non-hydrogen) atoms. The Balaban J connectivity index is 1.37. The molecule has 0 bridgehead atoms. The summed E-state index contributed by atoms with van der Waals surface area (Å²) in [6.45, 7) is 5.51. The van der Waals surface area contributed by atoms with E-state index in [4.69, 9.17) is 0 Å². The minimum Gasteiger partial charge on any atom is -0.369 e. The molecule has 1 aliphatic carbocycles. The van der Waals surface area contributed by atoms with Crippen molar-refractivity contribution in [3.63, 3.8) is 0 Å². The van der Waals surface area contributed by atoms with E-state index in [2.05, 4.69) is 22.0 Å². The average Bonchev–Trinajstić information content (AvgIpc) is 2.91. The number of piperazine rings is 1. The zero-order valence-electron chi connectivity index (χ0n) is 15.8. The van der Waals surface area contributed by atoms with E-state index in [9.17, 15) is 14.0 Å². The molecule has 1 aromatic rings. The number of hydrogen-bond donors (Lipinski definition) is 1. The number of rotatable bonds is 3. The smallest absolute Gasteiger partial charge is 0.326 e. The van der Waals surface area contributed by atoms with E-state index < -0.39 is 5.54 Å². The number of hydrogen-bond acceptors (Lipinski definition) is 4. The molecule has 1 aromatic carbocycles. The summed E-state index contributed by atoms with van der Waals surface area (Å²) in [5.41, 5.74) is 0.312. The van der Waals surface area contributed by atoms with Crippen LogP contribution >= 0.6 is 0 Å². The molecule has 0 unspecified atom stereocenters. The fourth-order valence-electron chi connectivity index (χ4n) is 4.62. The van der Waals surface area contributed by atoms with E-state index in [0.717, 1.165) is 57.5 Å². The van der Waals surface area contributed by atoms with Crippen molar-refractivity contribution in [2.45, 2.75) is 38.1 Å². The van der Waals surface area contributed by atoms with Gasteiger partial charge in [-0.3, -0.25) is 9.69 Å². The highest BCUT2D eigenvalue weighted by Gasteiger charge is 2.55. The number of carbonyl (C=O) groups excluding carboxylic acids is 2. The van der Waals surface area contributed by atoms with Gasteiger partial charge in [-0.05, 0) is 43.0 Å². The Morgan fingerprint density at radius 1 is 1.11 bits per heavy atom. The normalized spacial score (nSPS) is 29.5. The molecule has 2 saturated heterocycles. The van der Waals surface area contributed by atoms with Crippen LogP contribution in [0.5, 0.6) is 0 Å². The number of halogens is 1. The highest BCUT2D eigenvalue weighted by atomic mass is 19.1. The van der Waals surface area contributed by atoms with Crippen LogP contribution < -0.4 is 10.2 Å². The van der Waals surface area contributed by atoms with Crippen LogP contribution in [0.15, 0.2) is 24.3 Å². The summed E-state index contributed by atoms with van der Waals surface area (Å²) in [6.07, 6.45) is 3.84. The highest BCUT2D eigenvalue weighted by molar-refractivity contribution is 6.07. The lowest BCUT2D eigenvalue weighted by Crippen LogP contribution is -2.55. The fraction of sp³-hybridized carbons (Fsp3) is 0.600. The van der Waals surface area contributed by atoms with Crippen molar-refractivity contribution in [2.24, 2.45) is 5.92 Å². The third-order valence-electron chi connectivity index (χ3n) is 6.41. The monoisotopic (exact) mass is 374 g/mol. The van der Waals surface area contributed by atoms with Gasteiger partial charge < -0.3 is 10.2 Å². The Bertz CT molecular complexity index is 717. The Labute approximate surface area is 159 Å². The lowest BCUT2D eigenvalue weighted by molar-refractivity contribution is -0.135. The second-order valence-corrected chi connectivity index (χ2v) is 8.00. The van der Waals surface area contributed by atoms with Gasteiger partial charge >= 0.3 is 6.03 Å². The second kappa shape index (κ2) is 7.11. The van der Waals surface area contributed by atoms with Gasteiger partial charge in [0, 0.05) is 31.9 Å². The minimum absolute atomic E-state index is 0.0549. The summed E-state index contributed by atoms with van der Waals surface area (Å²) in [4.78, 5) is 31.3. The largest absolute Gasteiger partial charge is 0.369 e. The number of nitrogens with one attached hydrogen (secondary N) is 1. The number of amides is 3. The summed E-state index contributed by atoms with van der Waals surface area (Å²) in [6, 6.07) is 6.27. The third-order valence-corrected chi connectivity index (χ3v) is 6.41. The van der Waals surface area contributed by atoms with E-state index >= 15 is 0 Å². The summed E-state index contributed by atoms with van der Waals surface area (Å²) in [5.74, 6) is -0.106. The van der Waals surface area contributed by atoms with E-state index in [1.165, 1.54) is 17.0 Å². The van der Waals surface area contributed by atoms with Crippen LogP contribution in [0.2, 0.25) is 0 Å². The molecule has 3 fully saturated rings. The molecule has 1 N–H and O–H groups in total. The standard InChI is InChI=1S/C20H27FN4O2/c1-15-4-2-3-9-20(15)18(26)25(19(27)22-20)14-23-10-12-24(13-11-23)17-7-5-16(21)6-8-17/h5-8,15H,2-4,9-14H2,1H3,(H,22,27)/t15-,20-/m1/s1. The Kier molecular flexibility index (Phi) is 4.80. The molecule has 3 amide bonds. The fourth-order valence-corrected chi connectivity index (χ4v) is 4.62. The summed E-state index contributed by atoms with van der Waals surface area (Å²) >= 11 is 0. The van der Waals surface area contributed by atoms with Gasteiger partial charge in [-0.2, -0.15) is 0 Å². The minimum atomic E-state index is -0.689. The van der Waals surface area contributed by atoms with Gasteiger partial charge in [0.15, 0.2) is 0 Å². The van der Waals surface area contributed by atoms with E-state index in [-0.39, 0.29) is 23.7 Å². The molecule has 4 rings (SSSR count). The molecule has 0 aromatic heterocycles. The summed E-state index contributed by atoms with van der Waals surface area (Å²) in [7, 11) is 0. The van der Waals surface area contributed by atoms with Crippen LogP contribution in [0.1, 0.15) is 32.6 Å². The van der Waals surface area contributed by atoms with Crippen LogP contribution in [-0.4, -0.2) is 60.1 Å². The van der Waals surface area contributed by atoms with Crippen LogP contribution in [0.3, 0.4) is 0 Å². The first kappa shape index (κ1) is 18.2. The van der Waals surface area contributed by atoms with Gasteiger partial charge in [0.2, 0.25) is 0 Å². The van der Waals surface area contributed by atoms with Crippen LogP contribution in [0.4, 0.5) is 14.9 Å². The maximum absolute atomic E-state index is 13.1. The molecule has 6 nitrogen and oxygen atoms in total. The van der Waals surface area contributed by atoms with E-state index in [0.29, 0.717) is 6.67 Å². The topological polar surface area (TPSA) is 55.9 Å². The summed E-state index contributed by atoms with van der Waals surface area (Å²) in [5, 5.41) is 3.01. The predicted octanol–water partition coefficient (Wildman–Crippen LogP) is 2.41. The maximum Gasteiger partial charge on any atom is 0.326 e. The van der Waals surface area contributed by atoms with Crippen molar-refractivity contribution >= 4 is 17.6 Å². The Hall–Kier alpha value is -2.15. The molecule has 7 heteroatoms. The number of nitrogens with zero attached hydrogens (tertiary/aromatic N) is 3. The van der Waals surface area contributed by atoms with Gasteiger partial charge in [-0.25, -0.2) is 14.1 Å². The first-order chi connectivity index (χ1) is 13.0. The van der Waals surface area contributed by atoms with Crippen LogP contribution in [0, 0.1) is 11.7 Å². The first-order valence-corrected chi connectivity index (χ1v) is 9.86. The Morgan fingerprint density at radius 2 is 1.81 bits per heavy atom. The highest BCUT2D eigenvalue weighted by Crippen LogP contribution is 2.38. The SMILES string of the molecule is C[C@@H]1CCCC[C@@]12NC(=O)N(CN1CCN(c3ccc(F)cc3)CC1)C2=O. The predicted molar refractivity (Wildman–Crippen MR) is 101 cm³/mol. The first-order valence-electron chi connectivity index (χ1n) is 9.86. The average molecular weight is 374 g/mol. The number of carbonyl (C=O) groups is 2. The molecule has 1 saturated carbocycles. The zero-order chi connectivity index (χ0) is 19.0. The number of anilines is 1. The van der Waals surface area contributed by atoms with Gasteiger partial charge in [0.25, 0.3) is 5.91 Å². The molecule has 146 valence electrons. The molecular formula is C20H27FN4O2. The lowest BCUT2D eigenvalue weighted by atomic mass is 9.73. The molecule has 1 spiro atoms. The number of imide groups is 1. The molecule has 2 aliphatic heterocycles. The van der Waals surface area contributed by atoms with Gasteiger partial charge in [0.05, 0.1) is 6.67 Å². The van der Waals surface area contributed by atoms with Gasteiger partial charge in [0.1, 0.15) is 11.4 Å². The summed E-state index contributed by atoms with van der Waals surface area (Å²) < 4.78 is 13.1. The van der Waals surface area contributed by atoms with Crippen molar-refractivity contribution in [2.75, 3.05) is 37.7 Å².